The van der Waals surface area contributed by atoms with E-state index in [-0.39, 0.29) is 54.1 Å². The number of esters is 1. The fraction of sp³-hybridized carbons (Fsp3) is 0.258. The molecule has 3 N–H and O–H groups in total. The molecule has 4 aromatic rings. The Bertz CT molecular complexity index is 1740. The SMILES string of the molecule is NC(=O)C1(C(=O)N(c2ccc(F)cc2)c2ccc(Oc3ccnc4cc(OC(=O)CC5CNCCO5)ncc34)c(F)c2)CC1. The number of nitrogens with two attached hydrogens (primary N) is 1. The first-order valence-electron chi connectivity index (χ1n) is 13.9. The molecule has 1 unspecified atom stereocenters. The first-order valence-corrected chi connectivity index (χ1v) is 13.9. The summed E-state index contributed by atoms with van der Waals surface area (Å²) < 4.78 is 45.9. The van der Waals surface area contributed by atoms with Crippen molar-refractivity contribution in [1.82, 2.24) is 15.3 Å². The van der Waals surface area contributed by atoms with Crippen LogP contribution in [0.1, 0.15) is 19.3 Å². The first kappa shape index (κ1) is 29.1. The van der Waals surface area contributed by atoms with Gasteiger partial charge < -0.3 is 25.3 Å². The van der Waals surface area contributed by atoms with Gasteiger partial charge in [-0.05, 0) is 55.3 Å². The molecular weight excluding hydrogens is 576 g/mol. The fourth-order valence-electron chi connectivity index (χ4n) is 4.95. The molecule has 2 aromatic heterocycles. The van der Waals surface area contributed by atoms with Crippen molar-refractivity contribution in [3.63, 3.8) is 0 Å². The highest BCUT2D eigenvalue weighted by Gasteiger charge is 2.57. The molecule has 11 nitrogen and oxygen atoms in total. The van der Waals surface area contributed by atoms with Crippen LogP contribution in [0.4, 0.5) is 20.2 Å². The Balaban J connectivity index is 1.23. The summed E-state index contributed by atoms with van der Waals surface area (Å²) in [5.41, 5.74) is 4.85. The number of carbonyl (C=O) groups excluding carboxylic acids is 3. The second-order valence-electron chi connectivity index (χ2n) is 10.5. The van der Waals surface area contributed by atoms with E-state index in [4.69, 9.17) is 19.9 Å². The van der Waals surface area contributed by atoms with Crippen LogP contribution in [0.5, 0.6) is 17.4 Å². The maximum atomic E-state index is 15.5. The summed E-state index contributed by atoms with van der Waals surface area (Å²) in [4.78, 5) is 47.6. The lowest BCUT2D eigenvalue weighted by molar-refractivity contribution is -0.138. The Morgan fingerprint density at radius 2 is 1.80 bits per heavy atom. The van der Waals surface area contributed by atoms with Gasteiger partial charge in [0.25, 0.3) is 0 Å². The molecule has 13 heteroatoms. The predicted octanol–water partition coefficient (Wildman–Crippen LogP) is 3.91. The Morgan fingerprint density at radius 3 is 2.48 bits per heavy atom. The van der Waals surface area contributed by atoms with Gasteiger partial charge in [0.2, 0.25) is 17.7 Å². The van der Waals surface area contributed by atoms with Crippen LogP contribution in [-0.4, -0.2) is 53.6 Å². The quantitative estimate of drug-likeness (QED) is 0.215. The Hall–Kier alpha value is -5.01. The summed E-state index contributed by atoms with van der Waals surface area (Å²) in [5, 5.41) is 3.57. The van der Waals surface area contributed by atoms with Crippen molar-refractivity contribution in [3.8, 4) is 17.4 Å². The van der Waals surface area contributed by atoms with Crippen molar-refractivity contribution in [3.05, 3.63) is 78.6 Å². The number of hydrogen-bond acceptors (Lipinski definition) is 9. The van der Waals surface area contributed by atoms with E-state index in [1.807, 2.05) is 0 Å². The van der Waals surface area contributed by atoms with Crippen molar-refractivity contribution in [2.75, 3.05) is 24.6 Å². The molecule has 2 aromatic carbocycles. The summed E-state index contributed by atoms with van der Waals surface area (Å²) in [6, 6.07) is 11.9. The first-order chi connectivity index (χ1) is 21.2. The second kappa shape index (κ2) is 11.9. The summed E-state index contributed by atoms with van der Waals surface area (Å²) in [6.45, 7) is 1.80. The largest absolute Gasteiger partial charge is 0.453 e. The average Bonchev–Trinajstić information content (AvgIpc) is 3.83. The highest BCUT2D eigenvalue weighted by molar-refractivity contribution is 6.16. The lowest BCUT2D eigenvalue weighted by Gasteiger charge is -2.26. The topological polar surface area (TPSA) is 146 Å². The normalized spacial score (nSPS) is 17.1. The summed E-state index contributed by atoms with van der Waals surface area (Å²) >= 11 is 0. The average molecular weight is 604 g/mol. The summed E-state index contributed by atoms with van der Waals surface area (Å²) in [7, 11) is 0. The number of ether oxygens (including phenoxy) is 3. The number of fused-ring (bicyclic) bond motifs is 1. The number of benzene rings is 2. The molecule has 1 saturated heterocycles. The van der Waals surface area contributed by atoms with E-state index in [9.17, 15) is 18.8 Å². The molecule has 1 atom stereocenters. The highest BCUT2D eigenvalue weighted by atomic mass is 19.1. The van der Waals surface area contributed by atoms with Crippen molar-refractivity contribution < 1.29 is 37.4 Å². The molecule has 2 fully saturated rings. The predicted molar refractivity (Wildman–Crippen MR) is 153 cm³/mol. The molecule has 0 spiro atoms. The van der Waals surface area contributed by atoms with Crippen LogP contribution in [0.15, 0.2) is 67.0 Å². The van der Waals surface area contributed by atoms with E-state index in [1.54, 1.807) is 0 Å². The van der Waals surface area contributed by atoms with Gasteiger partial charge in [-0.2, -0.15) is 0 Å². The van der Waals surface area contributed by atoms with Crippen LogP contribution in [-0.2, 0) is 19.1 Å². The summed E-state index contributed by atoms with van der Waals surface area (Å²) in [6.07, 6.45) is 3.16. The standard InChI is InChI=1S/C31H27F2N5O6/c32-18-1-3-19(4-2-18)38(30(41)31(8-9-31)29(34)40)20-5-6-26(23(33)13-20)43-25-7-10-36-24-15-27(37-17-22(24)25)44-28(39)14-21-16-35-11-12-42-21/h1-7,10,13,15,17,21,35H,8-9,11-12,14,16H2,(H2,34,40). The lowest BCUT2D eigenvalue weighted by Crippen LogP contribution is -2.41. The van der Waals surface area contributed by atoms with Crippen molar-refractivity contribution >= 4 is 40.1 Å². The molecule has 2 aliphatic rings. The molecule has 3 heterocycles. The number of anilines is 2. The molecular formula is C31H27F2N5O6. The second-order valence-corrected chi connectivity index (χ2v) is 10.5. The van der Waals surface area contributed by atoms with Crippen LogP contribution in [0, 0.1) is 17.0 Å². The lowest BCUT2D eigenvalue weighted by atomic mass is 10.0. The van der Waals surface area contributed by atoms with Crippen LogP contribution in [0.2, 0.25) is 0 Å². The number of primary amides is 1. The molecule has 2 amide bonds. The number of carbonyl (C=O) groups is 3. The number of rotatable bonds is 9. The van der Waals surface area contributed by atoms with Gasteiger partial charge >= 0.3 is 5.97 Å². The molecule has 1 aliphatic heterocycles. The van der Waals surface area contributed by atoms with E-state index < -0.39 is 34.8 Å². The van der Waals surface area contributed by atoms with Gasteiger partial charge in [-0.15, -0.1) is 0 Å². The van der Waals surface area contributed by atoms with Gasteiger partial charge in [0.05, 0.1) is 35.7 Å². The van der Waals surface area contributed by atoms with E-state index in [0.29, 0.717) is 24.1 Å². The Kier molecular flexibility index (Phi) is 7.89. The molecule has 0 radical (unpaired) electrons. The van der Waals surface area contributed by atoms with Crippen LogP contribution >= 0.6 is 0 Å². The molecule has 0 bridgehead atoms. The van der Waals surface area contributed by atoms with Crippen molar-refractivity contribution in [1.29, 1.82) is 0 Å². The zero-order valence-corrected chi connectivity index (χ0v) is 23.3. The minimum Gasteiger partial charge on any atom is -0.453 e. The van der Waals surface area contributed by atoms with Gasteiger partial charge in [0, 0.05) is 43.3 Å². The van der Waals surface area contributed by atoms with Gasteiger partial charge in [0.15, 0.2) is 11.6 Å². The maximum absolute atomic E-state index is 15.5. The van der Waals surface area contributed by atoms with E-state index in [0.717, 1.165) is 29.6 Å². The third-order valence-corrected chi connectivity index (χ3v) is 7.49. The molecule has 1 saturated carbocycles. The van der Waals surface area contributed by atoms with Crippen molar-refractivity contribution in [2.24, 2.45) is 11.1 Å². The number of aromatic nitrogens is 2. The zero-order chi connectivity index (χ0) is 30.8. The third kappa shape index (κ3) is 5.92. The van der Waals surface area contributed by atoms with E-state index >= 15 is 4.39 Å². The number of pyridine rings is 2. The smallest absolute Gasteiger partial charge is 0.315 e. The number of nitrogens with zero attached hydrogens (tertiary/aromatic N) is 3. The van der Waals surface area contributed by atoms with Gasteiger partial charge in [-0.1, -0.05) is 0 Å². The highest BCUT2D eigenvalue weighted by Crippen LogP contribution is 2.49. The number of nitrogens with one attached hydrogen (secondary N) is 1. The number of morpholine rings is 1. The minimum atomic E-state index is -1.41. The number of amides is 2. The maximum Gasteiger partial charge on any atom is 0.315 e. The van der Waals surface area contributed by atoms with Gasteiger partial charge in [-0.3, -0.25) is 24.3 Å². The fourth-order valence-corrected chi connectivity index (χ4v) is 4.95. The number of hydrogen-bond donors (Lipinski definition) is 2. The van der Waals surface area contributed by atoms with Gasteiger partial charge in [0.1, 0.15) is 17.0 Å². The van der Waals surface area contributed by atoms with Crippen LogP contribution < -0.4 is 25.4 Å². The van der Waals surface area contributed by atoms with Crippen LogP contribution in [0.3, 0.4) is 0 Å². The zero-order valence-electron chi connectivity index (χ0n) is 23.3. The Labute approximate surface area is 249 Å². The van der Waals surface area contributed by atoms with Crippen molar-refractivity contribution in [2.45, 2.75) is 25.4 Å². The third-order valence-electron chi connectivity index (χ3n) is 7.49. The minimum absolute atomic E-state index is 0.0430. The monoisotopic (exact) mass is 603 g/mol. The summed E-state index contributed by atoms with van der Waals surface area (Å²) in [5.74, 6) is -3.14. The molecule has 226 valence electrons. The van der Waals surface area contributed by atoms with Crippen LogP contribution in [0.25, 0.3) is 10.9 Å². The van der Waals surface area contributed by atoms with E-state index in [1.165, 1.54) is 48.8 Å². The van der Waals surface area contributed by atoms with E-state index in [2.05, 4.69) is 15.3 Å². The Morgan fingerprint density at radius 1 is 1.02 bits per heavy atom. The molecule has 44 heavy (non-hydrogen) atoms. The molecule has 6 rings (SSSR count). The molecule has 1 aliphatic carbocycles. The van der Waals surface area contributed by atoms with Gasteiger partial charge in [-0.25, -0.2) is 13.8 Å². The number of halogens is 2.